The number of aryl methyl sites for hydroxylation is 1. The van der Waals surface area contributed by atoms with E-state index in [4.69, 9.17) is 14.2 Å². The zero-order chi connectivity index (χ0) is 31.1. The van der Waals surface area contributed by atoms with E-state index in [0.717, 1.165) is 41.0 Å². The van der Waals surface area contributed by atoms with Gasteiger partial charge in [-0.3, -0.25) is 9.59 Å². The molecule has 2 aromatic heterocycles. The number of thiophene rings is 1. The highest BCUT2D eigenvalue weighted by atomic mass is 32.2. The van der Waals surface area contributed by atoms with Gasteiger partial charge < -0.3 is 24.1 Å². The first-order chi connectivity index (χ1) is 20.6. The van der Waals surface area contributed by atoms with Crippen molar-refractivity contribution in [2.24, 2.45) is 4.99 Å². The van der Waals surface area contributed by atoms with Crippen molar-refractivity contribution in [3.05, 3.63) is 44.6 Å². The van der Waals surface area contributed by atoms with Gasteiger partial charge in [-0.05, 0) is 63.3 Å². The first kappa shape index (κ1) is 32.5. The molecule has 1 aliphatic carbocycles. The molecule has 0 spiro atoms. The number of nitrogens with one attached hydrogen (secondary N) is 1. The molecule has 0 aliphatic heterocycles. The van der Waals surface area contributed by atoms with Crippen LogP contribution in [0.25, 0.3) is 10.2 Å². The molecule has 2 amide bonds. The maximum Gasteiger partial charge on any atom is 0.341 e. The van der Waals surface area contributed by atoms with Crippen molar-refractivity contribution >= 4 is 71.5 Å². The van der Waals surface area contributed by atoms with E-state index in [1.807, 2.05) is 0 Å². The number of thiazole rings is 1. The third kappa shape index (κ3) is 7.96. The number of hydrogen-bond acceptors (Lipinski definition) is 11. The average molecular weight is 652 g/mol. The van der Waals surface area contributed by atoms with Crippen molar-refractivity contribution in [2.45, 2.75) is 46.1 Å². The van der Waals surface area contributed by atoms with Crippen molar-refractivity contribution in [1.82, 2.24) is 4.57 Å². The molecule has 0 radical (unpaired) electrons. The van der Waals surface area contributed by atoms with Crippen LogP contribution in [0.2, 0.25) is 0 Å². The van der Waals surface area contributed by atoms with Crippen LogP contribution in [0.15, 0.2) is 23.2 Å². The standard InChI is InChI=1S/C28H33N3O9S3/c1-4-39-26(34)17-10-11-19-21(14-17)42-28(31(19)12-13-38-3)30-23(33)16-43(36,37)15-22(32)29-25-24(27(35)40-5-2)18-8-6-7-9-20(18)41-25/h10-11,14H,4-9,12-13,15-16H2,1-3H3,(H,29,32). The topological polar surface area (TPSA) is 159 Å². The Labute approximate surface area is 256 Å². The summed E-state index contributed by atoms with van der Waals surface area (Å²) >= 11 is 2.36. The maximum atomic E-state index is 12.9. The summed E-state index contributed by atoms with van der Waals surface area (Å²) in [7, 11) is -2.68. The Morgan fingerprint density at radius 3 is 2.44 bits per heavy atom. The number of benzene rings is 1. The molecule has 43 heavy (non-hydrogen) atoms. The van der Waals surface area contributed by atoms with Gasteiger partial charge in [0, 0.05) is 18.5 Å². The molecule has 12 nitrogen and oxygen atoms in total. The fourth-order valence-electron chi connectivity index (χ4n) is 4.71. The Hall–Kier alpha value is -3.40. The third-order valence-corrected chi connectivity index (χ3v) is 10.2. The lowest BCUT2D eigenvalue weighted by Crippen LogP contribution is -2.28. The van der Waals surface area contributed by atoms with Gasteiger partial charge in [-0.2, -0.15) is 4.99 Å². The molecular formula is C28H33N3O9S3. The quantitative estimate of drug-likeness (QED) is 0.290. The number of aromatic nitrogens is 1. The first-order valence-electron chi connectivity index (χ1n) is 13.8. The minimum Gasteiger partial charge on any atom is -0.462 e. The second kappa shape index (κ2) is 14.4. The molecule has 0 bridgehead atoms. The largest absolute Gasteiger partial charge is 0.462 e. The summed E-state index contributed by atoms with van der Waals surface area (Å²) in [5, 5.41) is 2.82. The lowest BCUT2D eigenvalue weighted by molar-refractivity contribution is -0.115. The highest BCUT2D eigenvalue weighted by Crippen LogP contribution is 2.38. The van der Waals surface area contributed by atoms with Gasteiger partial charge in [0.25, 0.3) is 5.91 Å². The van der Waals surface area contributed by atoms with Crippen molar-refractivity contribution < 1.29 is 41.8 Å². The molecule has 4 rings (SSSR count). The van der Waals surface area contributed by atoms with E-state index in [9.17, 15) is 27.6 Å². The molecule has 2 heterocycles. The number of rotatable bonds is 12. The van der Waals surface area contributed by atoms with Gasteiger partial charge in [0.2, 0.25) is 5.91 Å². The summed E-state index contributed by atoms with van der Waals surface area (Å²) in [6, 6.07) is 4.92. The van der Waals surface area contributed by atoms with Gasteiger partial charge in [-0.25, -0.2) is 18.0 Å². The van der Waals surface area contributed by atoms with Crippen LogP contribution in [0, 0.1) is 0 Å². The molecule has 232 valence electrons. The maximum absolute atomic E-state index is 12.9. The summed E-state index contributed by atoms with van der Waals surface area (Å²) in [6.07, 6.45) is 3.31. The second-order valence-electron chi connectivity index (χ2n) is 9.65. The molecule has 0 atom stereocenters. The molecule has 0 fully saturated rings. The first-order valence-corrected chi connectivity index (χ1v) is 17.2. The normalized spacial score (nSPS) is 13.5. The molecule has 0 unspecified atom stereocenters. The van der Waals surface area contributed by atoms with Gasteiger partial charge >= 0.3 is 11.9 Å². The van der Waals surface area contributed by atoms with Gasteiger partial charge in [0.15, 0.2) is 14.6 Å². The minimum absolute atomic E-state index is 0.161. The van der Waals surface area contributed by atoms with Crippen LogP contribution >= 0.6 is 22.7 Å². The Bertz CT molecular complexity index is 1720. The van der Waals surface area contributed by atoms with E-state index in [1.54, 1.807) is 36.6 Å². The predicted molar refractivity (Wildman–Crippen MR) is 162 cm³/mol. The number of carbonyl (C=O) groups excluding carboxylic acids is 4. The fourth-order valence-corrected chi connectivity index (χ4v) is 8.13. The van der Waals surface area contributed by atoms with Crippen molar-refractivity contribution in [1.29, 1.82) is 0 Å². The summed E-state index contributed by atoms with van der Waals surface area (Å²) in [4.78, 5) is 55.7. The van der Waals surface area contributed by atoms with Gasteiger partial charge in [-0.15, -0.1) is 11.3 Å². The van der Waals surface area contributed by atoms with Crippen molar-refractivity contribution in [3.8, 4) is 0 Å². The monoisotopic (exact) mass is 651 g/mol. The Balaban J connectivity index is 1.53. The average Bonchev–Trinajstić information content (AvgIpc) is 3.47. The SMILES string of the molecule is CCOC(=O)c1ccc2c(c1)sc(=NC(=O)CS(=O)(=O)CC(=O)Nc1sc3c(c1C(=O)OCC)CCCC3)n2CCOC. The fraction of sp³-hybridized carbons (Fsp3) is 0.464. The van der Waals surface area contributed by atoms with E-state index < -0.39 is 45.1 Å². The number of amides is 2. The molecule has 3 aromatic rings. The lowest BCUT2D eigenvalue weighted by atomic mass is 9.95. The molecule has 15 heteroatoms. The second-order valence-corrected chi connectivity index (χ2v) is 13.8. The Morgan fingerprint density at radius 1 is 1.00 bits per heavy atom. The van der Waals surface area contributed by atoms with Crippen LogP contribution < -0.4 is 10.1 Å². The van der Waals surface area contributed by atoms with Crippen LogP contribution in [0.1, 0.15) is 57.8 Å². The number of anilines is 1. The van der Waals surface area contributed by atoms with Crippen molar-refractivity contribution in [3.63, 3.8) is 0 Å². The highest BCUT2D eigenvalue weighted by molar-refractivity contribution is 7.92. The molecule has 1 N–H and O–H groups in total. The summed E-state index contributed by atoms with van der Waals surface area (Å²) < 4.78 is 43.5. The summed E-state index contributed by atoms with van der Waals surface area (Å²) in [5.41, 5.74) is 2.12. The molecular weight excluding hydrogens is 619 g/mol. The van der Waals surface area contributed by atoms with Gasteiger partial charge in [0.1, 0.15) is 16.5 Å². The number of carbonyl (C=O) groups is 4. The smallest absolute Gasteiger partial charge is 0.341 e. The van der Waals surface area contributed by atoms with Crippen LogP contribution in [0.4, 0.5) is 5.00 Å². The number of nitrogens with zero attached hydrogens (tertiary/aromatic N) is 2. The Morgan fingerprint density at radius 2 is 1.72 bits per heavy atom. The molecule has 1 aromatic carbocycles. The minimum atomic E-state index is -4.21. The molecule has 0 saturated carbocycles. The van der Waals surface area contributed by atoms with E-state index in [0.29, 0.717) is 35.4 Å². The molecule has 1 aliphatic rings. The summed E-state index contributed by atoms with van der Waals surface area (Å²) in [6.45, 7) is 4.39. The van der Waals surface area contributed by atoms with E-state index in [-0.39, 0.29) is 28.6 Å². The van der Waals surface area contributed by atoms with Gasteiger partial charge in [-0.1, -0.05) is 11.3 Å². The van der Waals surface area contributed by atoms with E-state index in [2.05, 4.69) is 10.3 Å². The predicted octanol–water partition coefficient (Wildman–Crippen LogP) is 3.12. The number of hydrogen-bond donors (Lipinski definition) is 1. The molecule has 0 saturated heterocycles. The van der Waals surface area contributed by atoms with Crippen molar-refractivity contribution in [2.75, 3.05) is 43.8 Å². The van der Waals surface area contributed by atoms with Gasteiger partial charge in [0.05, 0.1) is 41.2 Å². The summed E-state index contributed by atoms with van der Waals surface area (Å²) in [5.74, 6) is -4.81. The zero-order valence-electron chi connectivity index (χ0n) is 24.1. The number of ether oxygens (including phenoxy) is 3. The van der Waals surface area contributed by atoms with Crippen LogP contribution in [-0.4, -0.2) is 75.2 Å². The number of sulfone groups is 1. The zero-order valence-corrected chi connectivity index (χ0v) is 26.5. The van der Waals surface area contributed by atoms with E-state index >= 15 is 0 Å². The van der Waals surface area contributed by atoms with Crippen LogP contribution in [-0.2, 0) is 53.0 Å². The van der Waals surface area contributed by atoms with E-state index in [1.165, 1.54) is 18.4 Å². The van der Waals surface area contributed by atoms with Crippen LogP contribution in [0.5, 0.6) is 0 Å². The number of methoxy groups -OCH3 is 1. The number of fused-ring (bicyclic) bond motifs is 2. The lowest BCUT2D eigenvalue weighted by Gasteiger charge is -2.12. The number of esters is 2. The Kier molecular flexibility index (Phi) is 10.9. The third-order valence-electron chi connectivity index (χ3n) is 6.53. The highest BCUT2D eigenvalue weighted by Gasteiger charge is 2.29. The van der Waals surface area contributed by atoms with Crippen LogP contribution in [0.3, 0.4) is 0 Å².